The van der Waals surface area contributed by atoms with Gasteiger partial charge in [0, 0.05) is 43.5 Å². The summed E-state index contributed by atoms with van der Waals surface area (Å²) in [6, 6.07) is 5.90. The van der Waals surface area contributed by atoms with Gasteiger partial charge in [-0.2, -0.15) is 4.31 Å². The molecule has 2 rings (SSSR count). The van der Waals surface area contributed by atoms with Crippen LogP contribution >= 0.6 is 0 Å². The molecule has 194 valence electrons. The molecule has 0 spiro atoms. The molecule has 1 heterocycles. The first-order valence-electron chi connectivity index (χ1n) is 11.0. The number of nitro groups is 1. The van der Waals surface area contributed by atoms with E-state index in [0.29, 0.717) is 0 Å². The molecule has 9 nitrogen and oxygen atoms in total. The number of aromatic nitrogens is 1. The first kappa shape index (κ1) is 28.8. The van der Waals surface area contributed by atoms with Gasteiger partial charge in [-0.05, 0) is 36.3 Å². The number of nitrogens with zero attached hydrogens (tertiary/aromatic N) is 3. The number of nitrogen functional groups attached to an aromatic ring is 1. The average Bonchev–Trinajstić information content (AvgIpc) is 2.75. The number of halogens is 2. The Bertz CT molecular complexity index is 1130. The van der Waals surface area contributed by atoms with Crippen molar-refractivity contribution in [3.63, 3.8) is 0 Å². The van der Waals surface area contributed by atoms with Gasteiger partial charge in [0.2, 0.25) is 16.4 Å². The molecule has 35 heavy (non-hydrogen) atoms. The summed E-state index contributed by atoms with van der Waals surface area (Å²) in [6.07, 6.45) is -2.27. The van der Waals surface area contributed by atoms with Crippen LogP contribution in [-0.4, -0.2) is 50.5 Å². The van der Waals surface area contributed by atoms with Crippen molar-refractivity contribution in [2.24, 2.45) is 0 Å². The van der Waals surface area contributed by atoms with Gasteiger partial charge in [-0.25, -0.2) is 22.2 Å². The molecule has 1 atom stereocenters. The number of sulfonamides is 1. The van der Waals surface area contributed by atoms with E-state index < -0.39 is 42.2 Å². The SMILES string of the molecule is CC(C)(C)[Si](C)(C)OCCN(C(CC(F)F)c1cccnc1N)S(=O)(=O)c1ccc([N+](=O)[O-])cc1. The van der Waals surface area contributed by atoms with E-state index >= 15 is 0 Å². The molecule has 0 saturated carbocycles. The summed E-state index contributed by atoms with van der Waals surface area (Å²) in [4.78, 5) is 14.0. The number of rotatable bonds is 11. The highest BCUT2D eigenvalue weighted by atomic mass is 32.2. The minimum atomic E-state index is -4.38. The number of nitrogens with two attached hydrogens (primary N) is 1. The highest BCUT2D eigenvalue weighted by Crippen LogP contribution is 2.38. The molecule has 0 bridgehead atoms. The zero-order chi connectivity index (χ0) is 26.6. The fourth-order valence-corrected chi connectivity index (χ4v) is 5.84. The number of anilines is 1. The van der Waals surface area contributed by atoms with Gasteiger partial charge in [-0.15, -0.1) is 0 Å². The molecule has 0 aliphatic carbocycles. The number of nitro benzene ring substituents is 1. The Morgan fingerprint density at radius 2 is 1.80 bits per heavy atom. The van der Waals surface area contributed by atoms with E-state index in [2.05, 4.69) is 4.98 Å². The second kappa shape index (κ2) is 11.1. The highest BCUT2D eigenvalue weighted by molar-refractivity contribution is 7.89. The van der Waals surface area contributed by atoms with E-state index in [1.807, 2.05) is 33.9 Å². The molecule has 2 aromatic rings. The van der Waals surface area contributed by atoms with Crippen molar-refractivity contribution in [2.75, 3.05) is 18.9 Å². The van der Waals surface area contributed by atoms with Crippen molar-refractivity contribution in [3.05, 3.63) is 58.3 Å². The van der Waals surface area contributed by atoms with E-state index in [1.54, 1.807) is 0 Å². The van der Waals surface area contributed by atoms with E-state index in [9.17, 15) is 27.3 Å². The van der Waals surface area contributed by atoms with Crippen LogP contribution in [0.15, 0.2) is 47.5 Å². The van der Waals surface area contributed by atoms with Crippen LogP contribution in [-0.2, 0) is 14.4 Å². The molecule has 0 radical (unpaired) electrons. The lowest BCUT2D eigenvalue weighted by Crippen LogP contribution is -2.44. The number of benzene rings is 1. The van der Waals surface area contributed by atoms with E-state index in [-0.39, 0.29) is 40.2 Å². The van der Waals surface area contributed by atoms with Crippen LogP contribution < -0.4 is 5.73 Å². The molecule has 2 N–H and O–H groups in total. The van der Waals surface area contributed by atoms with Gasteiger partial charge in [0.25, 0.3) is 5.69 Å². The first-order chi connectivity index (χ1) is 16.1. The zero-order valence-corrected chi connectivity index (χ0v) is 22.3. The summed E-state index contributed by atoms with van der Waals surface area (Å²) in [5.41, 5.74) is 5.80. The van der Waals surface area contributed by atoms with Crippen LogP contribution in [0.1, 0.15) is 38.8 Å². The molecule has 0 amide bonds. The third-order valence-electron chi connectivity index (χ3n) is 6.21. The van der Waals surface area contributed by atoms with Crippen LogP contribution in [0.2, 0.25) is 18.1 Å². The van der Waals surface area contributed by atoms with Gasteiger partial charge in [-0.3, -0.25) is 10.1 Å². The molecule has 1 aromatic carbocycles. The molecular formula is C22H32F2N4O5SSi. The Morgan fingerprint density at radius 1 is 1.20 bits per heavy atom. The Morgan fingerprint density at radius 3 is 2.29 bits per heavy atom. The predicted octanol–water partition coefficient (Wildman–Crippen LogP) is 4.98. The number of hydrogen-bond acceptors (Lipinski definition) is 7. The molecule has 13 heteroatoms. The second-order valence-electron chi connectivity index (χ2n) is 9.60. The number of pyridine rings is 1. The van der Waals surface area contributed by atoms with Crippen molar-refractivity contribution < 1.29 is 26.5 Å². The van der Waals surface area contributed by atoms with Gasteiger partial charge < -0.3 is 10.2 Å². The van der Waals surface area contributed by atoms with Gasteiger partial charge in [0.1, 0.15) is 5.82 Å². The molecule has 0 aliphatic rings. The standard InChI is InChI=1S/C22H32F2N4O5SSi/c1-22(2,3)35(4,5)33-14-13-27(19(15-20(23)24)18-7-6-12-26-21(18)25)34(31,32)17-10-8-16(9-11-17)28(29)30/h6-12,19-20H,13-15H2,1-5H3,(H2,25,26). The highest BCUT2D eigenvalue weighted by Gasteiger charge is 2.39. The lowest BCUT2D eigenvalue weighted by Gasteiger charge is -2.37. The van der Waals surface area contributed by atoms with E-state index in [0.717, 1.165) is 28.6 Å². The zero-order valence-electron chi connectivity index (χ0n) is 20.4. The van der Waals surface area contributed by atoms with Gasteiger partial charge in [0.15, 0.2) is 8.32 Å². The van der Waals surface area contributed by atoms with Crippen LogP contribution in [0, 0.1) is 10.1 Å². The third-order valence-corrected chi connectivity index (χ3v) is 12.7. The monoisotopic (exact) mass is 530 g/mol. The Balaban J connectivity index is 2.55. The molecule has 1 unspecified atom stereocenters. The van der Waals surface area contributed by atoms with Crippen LogP contribution in [0.5, 0.6) is 0 Å². The average molecular weight is 531 g/mol. The van der Waals surface area contributed by atoms with E-state index in [4.69, 9.17) is 10.2 Å². The molecule has 0 saturated heterocycles. The Labute approximate surface area is 205 Å². The minimum Gasteiger partial charge on any atom is -0.415 e. The fraction of sp³-hybridized carbons (Fsp3) is 0.500. The molecule has 0 aliphatic heterocycles. The number of hydrogen-bond donors (Lipinski definition) is 1. The number of alkyl halides is 2. The summed E-state index contributed by atoms with van der Waals surface area (Å²) in [7, 11) is -6.65. The van der Waals surface area contributed by atoms with Crippen molar-refractivity contribution >= 4 is 29.8 Å². The van der Waals surface area contributed by atoms with Crippen molar-refractivity contribution in [1.82, 2.24) is 9.29 Å². The molecule has 0 fully saturated rings. The summed E-state index contributed by atoms with van der Waals surface area (Å²) < 4.78 is 61.8. The van der Waals surface area contributed by atoms with Crippen molar-refractivity contribution in [3.8, 4) is 0 Å². The van der Waals surface area contributed by atoms with Gasteiger partial charge >= 0.3 is 0 Å². The lowest BCUT2D eigenvalue weighted by atomic mass is 10.0. The normalized spacial score (nSPS) is 13.9. The Kier molecular flexibility index (Phi) is 9.08. The van der Waals surface area contributed by atoms with Crippen molar-refractivity contribution in [1.29, 1.82) is 0 Å². The van der Waals surface area contributed by atoms with Crippen LogP contribution in [0.4, 0.5) is 20.3 Å². The minimum absolute atomic E-state index is 0.0252. The quantitative estimate of drug-likeness (QED) is 0.246. The largest absolute Gasteiger partial charge is 0.415 e. The lowest BCUT2D eigenvalue weighted by molar-refractivity contribution is -0.384. The predicted molar refractivity (Wildman–Crippen MR) is 132 cm³/mol. The topological polar surface area (TPSA) is 129 Å². The summed E-state index contributed by atoms with van der Waals surface area (Å²) in [5, 5.41) is 10.8. The summed E-state index contributed by atoms with van der Waals surface area (Å²) >= 11 is 0. The summed E-state index contributed by atoms with van der Waals surface area (Å²) in [6.45, 7) is 9.83. The second-order valence-corrected chi connectivity index (χ2v) is 16.3. The Hall–Kier alpha value is -2.48. The smallest absolute Gasteiger partial charge is 0.269 e. The molecular weight excluding hydrogens is 498 g/mol. The van der Waals surface area contributed by atoms with Crippen LogP contribution in [0.25, 0.3) is 0 Å². The van der Waals surface area contributed by atoms with Gasteiger partial charge in [-0.1, -0.05) is 26.8 Å². The molecule has 1 aromatic heterocycles. The maximum Gasteiger partial charge on any atom is 0.269 e. The third kappa shape index (κ3) is 7.03. The van der Waals surface area contributed by atoms with Crippen LogP contribution in [0.3, 0.4) is 0 Å². The fourth-order valence-electron chi connectivity index (χ4n) is 3.21. The summed E-state index contributed by atoms with van der Waals surface area (Å²) in [5.74, 6) is -0.0626. The van der Waals surface area contributed by atoms with Gasteiger partial charge in [0.05, 0.1) is 15.9 Å². The number of non-ortho nitro benzene ring substituents is 1. The van der Waals surface area contributed by atoms with Crippen molar-refractivity contribution in [2.45, 2.75) is 62.7 Å². The maximum absolute atomic E-state index is 13.7. The van der Waals surface area contributed by atoms with E-state index in [1.165, 1.54) is 18.3 Å². The maximum atomic E-state index is 13.7. The first-order valence-corrected chi connectivity index (χ1v) is 15.3.